The van der Waals surface area contributed by atoms with Crippen LogP contribution < -0.4 is 10.2 Å². The summed E-state index contributed by atoms with van der Waals surface area (Å²) in [4.78, 5) is 14.2. The van der Waals surface area contributed by atoms with Gasteiger partial charge in [-0.05, 0) is 68.5 Å². The van der Waals surface area contributed by atoms with E-state index >= 15 is 0 Å². The second-order valence-electron chi connectivity index (χ2n) is 6.44. The standard InChI is InChI=1S/C21H17FN4OS/c1-13-18(14(2)26(24-13)17-6-4-3-5-7-17)12-19-20(27)25(21(28)23-19)16-10-8-15(22)9-11-16/h3-12H,1-2H3,(H,23,28)/b19-12-. The van der Waals surface area contributed by atoms with Gasteiger partial charge in [-0.1, -0.05) is 18.2 Å². The average Bonchev–Trinajstić information content (AvgIpc) is 3.13. The van der Waals surface area contributed by atoms with Crippen LogP contribution in [0.2, 0.25) is 0 Å². The van der Waals surface area contributed by atoms with E-state index in [-0.39, 0.29) is 16.8 Å². The molecule has 140 valence electrons. The van der Waals surface area contributed by atoms with Gasteiger partial charge in [0.15, 0.2) is 5.11 Å². The summed E-state index contributed by atoms with van der Waals surface area (Å²) in [6.07, 6.45) is 1.76. The van der Waals surface area contributed by atoms with Gasteiger partial charge in [-0.15, -0.1) is 0 Å². The summed E-state index contributed by atoms with van der Waals surface area (Å²) in [5.74, 6) is -0.660. The molecular formula is C21H17FN4OS. The van der Waals surface area contributed by atoms with Crippen molar-refractivity contribution in [2.45, 2.75) is 13.8 Å². The van der Waals surface area contributed by atoms with Gasteiger partial charge in [0.1, 0.15) is 11.5 Å². The molecule has 1 aliphatic rings. The maximum Gasteiger partial charge on any atom is 0.281 e. The molecule has 0 radical (unpaired) electrons. The van der Waals surface area contributed by atoms with Crippen molar-refractivity contribution in [2.75, 3.05) is 4.90 Å². The Kier molecular flexibility index (Phi) is 4.52. The van der Waals surface area contributed by atoms with E-state index in [2.05, 4.69) is 10.4 Å². The Hall–Kier alpha value is -3.32. The Balaban J connectivity index is 1.70. The maximum absolute atomic E-state index is 13.2. The average molecular weight is 392 g/mol. The molecule has 0 aliphatic carbocycles. The molecular weight excluding hydrogens is 375 g/mol. The van der Waals surface area contributed by atoms with Crippen LogP contribution in [-0.2, 0) is 4.79 Å². The van der Waals surface area contributed by atoms with Crippen LogP contribution in [0.4, 0.5) is 10.1 Å². The van der Waals surface area contributed by atoms with Crippen LogP contribution in [0.1, 0.15) is 17.0 Å². The molecule has 1 N–H and O–H groups in total. The van der Waals surface area contributed by atoms with Gasteiger partial charge in [0.25, 0.3) is 5.91 Å². The molecule has 2 heterocycles. The van der Waals surface area contributed by atoms with E-state index in [0.717, 1.165) is 22.6 Å². The fraction of sp³-hybridized carbons (Fsp3) is 0.0952. The number of hydrogen-bond donors (Lipinski definition) is 1. The Morgan fingerprint density at radius 3 is 2.39 bits per heavy atom. The molecule has 1 fully saturated rings. The van der Waals surface area contributed by atoms with Gasteiger partial charge in [0.05, 0.1) is 17.1 Å². The summed E-state index contributed by atoms with van der Waals surface area (Å²) < 4.78 is 15.0. The molecule has 0 saturated carbocycles. The number of anilines is 1. The number of nitrogens with zero attached hydrogens (tertiary/aromatic N) is 3. The van der Waals surface area contributed by atoms with E-state index in [1.807, 2.05) is 48.9 Å². The number of nitrogens with one attached hydrogen (secondary N) is 1. The first-order valence-corrected chi connectivity index (χ1v) is 9.11. The van der Waals surface area contributed by atoms with Crippen molar-refractivity contribution in [3.8, 4) is 5.69 Å². The Bertz CT molecular complexity index is 1100. The summed E-state index contributed by atoms with van der Waals surface area (Å²) in [5, 5.41) is 7.81. The monoisotopic (exact) mass is 392 g/mol. The van der Waals surface area contributed by atoms with Crippen LogP contribution in [0, 0.1) is 19.7 Å². The Labute approximate surface area is 167 Å². The smallest absolute Gasteiger partial charge is 0.281 e. The van der Waals surface area contributed by atoms with E-state index in [4.69, 9.17) is 12.2 Å². The summed E-state index contributed by atoms with van der Waals surface area (Å²) in [7, 11) is 0. The lowest BCUT2D eigenvalue weighted by molar-refractivity contribution is -0.113. The van der Waals surface area contributed by atoms with Gasteiger partial charge < -0.3 is 5.32 Å². The highest BCUT2D eigenvalue weighted by atomic mass is 32.1. The topological polar surface area (TPSA) is 50.2 Å². The van der Waals surface area contributed by atoms with Crippen molar-refractivity contribution in [1.82, 2.24) is 15.1 Å². The molecule has 0 bridgehead atoms. The first kappa shape index (κ1) is 18.1. The Morgan fingerprint density at radius 2 is 1.71 bits per heavy atom. The summed E-state index contributed by atoms with van der Waals surface area (Å²) in [6.45, 7) is 3.85. The predicted molar refractivity (Wildman–Crippen MR) is 111 cm³/mol. The number of aromatic nitrogens is 2. The van der Waals surface area contributed by atoms with E-state index in [0.29, 0.717) is 11.4 Å². The largest absolute Gasteiger partial charge is 0.327 e. The highest BCUT2D eigenvalue weighted by Gasteiger charge is 2.32. The number of amides is 1. The lowest BCUT2D eigenvalue weighted by Gasteiger charge is -2.13. The third kappa shape index (κ3) is 3.10. The number of thiocarbonyl (C=S) groups is 1. The van der Waals surface area contributed by atoms with Crippen molar-refractivity contribution in [3.63, 3.8) is 0 Å². The Morgan fingerprint density at radius 1 is 1.04 bits per heavy atom. The molecule has 4 rings (SSSR count). The van der Waals surface area contributed by atoms with Crippen LogP contribution in [-0.4, -0.2) is 20.8 Å². The lowest BCUT2D eigenvalue weighted by Crippen LogP contribution is -2.30. The first-order valence-electron chi connectivity index (χ1n) is 8.70. The second kappa shape index (κ2) is 7.01. The third-order valence-electron chi connectivity index (χ3n) is 4.60. The van der Waals surface area contributed by atoms with Crippen molar-refractivity contribution in [2.24, 2.45) is 0 Å². The lowest BCUT2D eigenvalue weighted by atomic mass is 10.1. The van der Waals surface area contributed by atoms with Crippen molar-refractivity contribution < 1.29 is 9.18 Å². The fourth-order valence-electron chi connectivity index (χ4n) is 3.19. The molecule has 0 atom stereocenters. The molecule has 5 nitrogen and oxygen atoms in total. The SMILES string of the molecule is Cc1nn(-c2ccccc2)c(C)c1/C=C1\NC(=S)N(c2ccc(F)cc2)C1=O. The highest BCUT2D eigenvalue weighted by Crippen LogP contribution is 2.25. The molecule has 0 spiro atoms. The van der Waals surface area contributed by atoms with Crippen molar-refractivity contribution in [3.05, 3.63) is 83.1 Å². The normalized spacial score (nSPS) is 15.4. The summed E-state index contributed by atoms with van der Waals surface area (Å²) in [5.41, 5.74) is 4.38. The fourth-order valence-corrected chi connectivity index (χ4v) is 3.49. The molecule has 1 amide bonds. The van der Waals surface area contributed by atoms with Crippen molar-refractivity contribution >= 4 is 35.0 Å². The number of rotatable bonds is 3. The number of halogens is 1. The molecule has 1 aliphatic heterocycles. The van der Waals surface area contributed by atoms with Gasteiger partial charge in [0.2, 0.25) is 0 Å². The summed E-state index contributed by atoms with van der Waals surface area (Å²) in [6, 6.07) is 15.4. The number of para-hydroxylation sites is 1. The van der Waals surface area contributed by atoms with Gasteiger partial charge in [-0.3, -0.25) is 9.69 Å². The minimum atomic E-state index is -0.371. The molecule has 7 heteroatoms. The molecule has 0 unspecified atom stereocenters. The van der Waals surface area contributed by atoms with Gasteiger partial charge >= 0.3 is 0 Å². The zero-order valence-corrected chi connectivity index (χ0v) is 16.1. The van der Waals surface area contributed by atoms with Crippen molar-refractivity contribution in [1.29, 1.82) is 0 Å². The molecule has 2 aromatic carbocycles. The molecule has 1 saturated heterocycles. The van der Waals surface area contributed by atoms with Crippen LogP contribution in [0.5, 0.6) is 0 Å². The van der Waals surface area contributed by atoms with Crippen LogP contribution >= 0.6 is 12.2 Å². The number of hydrogen-bond acceptors (Lipinski definition) is 3. The third-order valence-corrected chi connectivity index (χ3v) is 4.88. The predicted octanol–water partition coefficient (Wildman–Crippen LogP) is 3.89. The minimum Gasteiger partial charge on any atom is -0.327 e. The number of carbonyl (C=O) groups is 1. The second-order valence-corrected chi connectivity index (χ2v) is 6.82. The number of carbonyl (C=O) groups excluding carboxylic acids is 1. The van der Waals surface area contributed by atoms with Crippen LogP contribution in [0.25, 0.3) is 11.8 Å². The highest BCUT2D eigenvalue weighted by molar-refractivity contribution is 7.80. The van der Waals surface area contributed by atoms with Crippen LogP contribution in [0.3, 0.4) is 0 Å². The zero-order chi connectivity index (χ0) is 19.8. The van der Waals surface area contributed by atoms with Gasteiger partial charge in [-0.25, -0.2) is 9.07 Å². The van der Waals surface area contributed by atoms with Gasteiger partial charge in [-0.2, -0.15) is 5.10 Å². The molecule has 1 aromatic heterocycles. The van der Waals surface area contributed by atoms with E-state index in [9.17, 15) is 9.18 Å². The number of aryl methyl sites for hydroxylation is 1. The van der Waals surface area contributed by atoms with E-state index in [1.165, 1.54) is 29.2 Å². The van der Waals surface area contributed by atoms with Crippen LogP contribution in [0.15, 0.2) is 60.3 Å². The first-order chi connectivity index (χ1) is 13.5. The van der Waals surface area contributed by atoms with Gasteiger partial charge in [0, 0.05) is 11.3 Å². The van der Waals surface area contributed by atoms with E-state index < -0.39 is 0 Å². The zero-order valence-electron chi connectivity index (χ0n) is 15.3. The quantitative estimate of drug-likeness (QED) is 0.543. The van der Waals surface area contributed by atoms with E-state index in [1.54, 1.807) is 6.08 Å². The minimum absolute atomic E-state index is 0.258. The maximum atomic E-state index is 13.2. The number of benzene rings is 2. The summed E-state index contributed by atoms with van der Waals surface area (Å²) >= 11 is 5.31. The molecule has 28 heavy (non-hydrogen) atoms. The molecule has 3 aromatic rings.